The van der Waals surface area contributed by atoms with Crippen molar-refractivity contribution in [2.24, 2.45) is 5.92 Å². The molecular weight excluding hydrogens is 720 g/mol. The predicted molar refractivity (Wildman–Crippen MR) is 189 cm³/mol. The number of nitrogens with one attached hydrogen (secondary N) is 2. The largest absolute Gasteiger partial charge is 0.507 e. The van der Waals surface area contributed by atoms with Crippen molar-refractivity contribution < 1.29 is 68.8 Å². The number of Topliss-reactive ketones (excluding diaryl/α,β-unsaturated/α-hetero) is 3. The average molecular weight is 765 g/mol. The summed E-state index contributed by atoms with van der Waals surface area (Å²) < 4.78 is 16.7. The van der Waals surface area contributed by atoms with Gasteiger partial charge in [-0.05, 0) is 43.9 Å². The van der Waals surface area contributed by atoms with Gasteiger partial charge in [0, 0.05) is 49.4 Å². The number of aryl methyl sites for hydroxylation is 1. The molecule has 1 amide bonds. The van der Waals surface area contributed by atoms with Gasteiger partial charge < -0.3 is 55.5 Å². The van der Waals surface area contributed by atoms with Crippen molar-refractivity contribution in [2.75, 3.05) is 20.8 Å². The van der Waals surface area contributed by atoms with Gasteiger partial charge in [0.2, 0.25) is 17.3 Å². The Balaban J connectivity index is 1.34. The van der Waals surface area contributed by atoms with Crippen molar-refractivity contribution in [3.63, 3.8) is 0 Å². The summed E-state index contributed by atoms with van der Waals surface area (Å²) in [7, 11) is 2.30. The second-order valence-electron chi connectivity index (χ2n) is 15.1. The summed E-state index contributed by atoms with van der Waals surface area (Å²) in [5, 5.41) is 74.3. The van der Waals surface area contributed by atoms with Crippen molar-refractivity contribution in [2.45, 2.75) is 100 Å². The van der Waals surface area contributed by atoms with Crippen LogP contribution in [0.2, 0.25) is 0 Å². The quantitative estimate of drug-likeness (QED) is 0.192. The first-order valence-electron chi connectivity index (χ1n) is 18.2. The molecule has 0 unspecified atom stereocenters. The van der Waals surface area contributed by atoms with E-state index in [1.165, 1.54) is 20.1 Å². The Hall–Kier alpha value is -4.55. The number of aliphatic hydroxyl groups excluding tert-OH is 3. The summed E-state index contributed by atoms with van der Waals surface area (Å²) in [5.74, 6) is -8.21. The normalized spacial score (nSPS) is 31.9. The molecule has 55 heavy (non-hydrogen) atoms. The van der Waals surface area contributed by atoms with Crippen molar-refractivity contribution in [3.05, 3.63) is 68.4 Å². The number of phenols is 2. The molecule has 0 aromatic heterocycles. The van der Waals surface area contributed by atoms with E-state index in [-0.39, 0.29) is 22.7 Å². The van der Waals surface area contributed by atoms with Gasteiger partial charge in [-0.15, -0.1) is 0 Å². The maximum absolute atomic E-state index is 14.8. The molecule has 1 saturated carbocycles. The van der Waals surface area contributed by atoms with Crippen LogP contribution >= 0.6 is 0 Å². The maximum Gasteiger partial charge on any atom is 0.255 e. The van der Waals surface area contributed by atoms with Crippen LogP contribution in [0.1, 0.15) is 108 Å². The Morgan fingerprint density at radius 1 is 0.982 bits per heavy atom. The Kier molecular flexibility index (Phi) is 9.77. The van der Waals surface area contributed by atoms with E-state index in [2.05, 4.69) is 10.6 Å². The number of aromatic hydroxyl groups is 2. The van der Waals surface area contributed by atoms with Crippen molar-refractivity contribution in [1.29, 1.82) is 0 Å². The highest BCUT2D eigenvalue weighted by Gasteiger charge is 2.72. The van der Waals surface area contributed by atoms with Crippen LogP contribution in [0.25, 0.3) is 0 Å². The number of carbonyl (C=O) groups excluding carboxylic acids is 5. The highest BCUT2D eigenvalue weighted by Crippen LogP contribution is 2.56. The number of allylic oxidation sites excluding steroid dienone is 2. The number of hydrogen-bond donors (Lipinski definition) is 8. The lowest BCUT2D eigenvalue weighted by Crippen LogP contribution is -2.73. The third-order valence-corrected chi connectivity index (χ3v) is 12.1. The second-order valence-corrected chi connectivity index (χ2v) is 15.1. The Bertz CT molecular complexity index is 2060. The van der Waals surface area contributed by atoms with Gasteiger partial charge in [-0.3, -0.25) is 24.0 Å². The predicted octanol–water partition coefficient (Wildman–Crippen LogP) is 0.619. The molecule has 4 aliphatic carbocycles. The van der Waals surface area contributed by atoms with Gasteiger partial charge in [-0.25, -0.2) is 0 Å². The molecule has 0 spiro atoms. The van der Waals surface area contributed by atoms with E-state index in [0.717, 1.165) is 51.4 Å². The summed E-state index contributed by atoms with van der Waals surface area (Å²) in [6.07, 6.45) is -1.29. The van der Waals surface area contributed by atoms with E-state index in [1.54, 1.807) is 6.92 Å². The third-order valence-electron chi connectivity index (χ3n) is 12.1. The smallest absolute Gasteiger partial charge is 0.255 e. The zero-order valence-electron chi connectivity index (χ0n) is 30.7. The molecule has 2 aromatic rings. The molecule has 0 bridgehead atoms. The van der Waals surface area contributed by atoms with Gasteiger partial charge in [0.15, 0.2) is 17.0 Å². The van der Waals surface area contributed by atoms with Crippen LogP contribution in [0.15, 0.2) is 23.9 Å². The Labute approximate surface area is 315 Å². The maximum atomic E-state index is 14.8. The lowest BCUT2D eigenvalue weighted by Gasteiger charge is -2.53. The second kappa shape index (κ2) is 13.9. The minimum atomic E-state index is -3.22. The number of phenolic OH excluding ortho intramolecular Hbond substituents is 2. The average Bonchev–Trinajstić information content (AvgIpc) is 3.13. The first-order chi connectivity index (χ1) is 26.1. The highest BCUT2D eigenvalue weighted by molar-refractivity contribution is 6.31. The molecule has 8 N–H and O–H groups in total. The molecule has 1 aliphatic heterocycles. The molecule has 16 nitrogen and oxygen atoms in total. The molecular formula is C39H44N2O14. The molecule has 7 rings (SSSR count). The first-order valence-corrected chi connectivity index (χ1v) is 18.2. The van der Waals surface area contributed by atoms with Gasteiger partial charge in [0.05, 0.1) is 53.2 Å². The molecule has 2 aromatic carbocycles. The van der Waals surface area contributed by atoms with E-state index in [1.807, 2.05) is 0 Å². The Morgan fingerprint density at radius 2 is 1.67 bits per heavy atom. The van der Waals surface area contributed by atoms with E-state index >= 15 is 0 Å². The number of rotatable bonds is 7. The van der Waals surface area contributed by atoms with Crippen molar-refractivity contribution >= 4 is 29.0 Å². The molecule has 5 aliphatic rings. The first kappa shape index (κ1) is 38.7. The SMILES string of the molecule is CO[C@@H]1[C@@H](O)[C@@H](CO)[C@@H](NC2=CC(=O)c3c(cc4c(c3O)C(=O)[C@]3(OC)[C@H](O)Cc5cc(C)c(C(=O)NC6CCCCC6)c(O)c5[C@]3(O)C4=O)C2=O)O[C@H]1C. The molecule has 294 valence electrons. The minimum absolute atomic E-state index is 0.0393. The molecule has 1 saturated heterocycles. The van der Waals surface area contributed by atoms with E-state index in [9.17, 15) is 54.6 Å². The van der Waals surface area contributed by atoms with Crippen LogP contribution in [-0.2, 0) is 26.2 Å². The standard InChI is InChI=1S/C39H44N2O14/c1-15-10-17-11-24(44)39(54-4)35(50)27-20(34(49)38(39,52)28(17)32(48)25(15)36(51)40-18-8-6-5-7-9-18)12-19-26(31(27)47)23(43)13-22(29(19)45)41-37-21(14-42)30(46)33(53-3)16(2)55-37/h10,12-13,16,18,21,24,30,33,37,41-42,44,46-48,52H,5-9,11,14H2,1-4H3,(H,40,51)/t16-,21+,24+,30-,33-,37-,38-,39+/m0/s1. The van der Waals surface area contributed by atoms with E-state index < -0.39 is 135 Å². The summed E-state index contributed by atoms with van der Waals surface area (Å²) in [5.41, 5.74) is -9.72. The van der Waals surface area contributed by atoms with E-state index in [0.29, 0.717) is 0 Å². The third kappa shape index (κ3) is 5.41. The number of amides is 1. The molecule has 8 atom stereocenters. The number of ether oxygens (including phenoxy) is 3. The summed E-state index contributed by atoms with van der Waals surface area (Å²) in [6.45, 7) is 2.53. The van der Waals surface area contributed by atoms with Crippen molar-refractivity contribution in [3.8, 4) is 11.5 Å². The lowest BCUT2D eigenvalue weighted by molar-refractivity contribution is -0.214. The molecule has 1 heterocycles. The molecule has 16 heteroatoms. The van der Waals surface area contributed by atoms with Crippen LogP contribution < -0.4 is 10.6 Å². The lowest BCUT2D eigenvalue weighted by atomic mass is 9.56. The van der Waals surface area contributed by atoms with Gasteiger partial charge in [0.1, 0.15) is 23.8 Å². The van der Waals surface area contributed by atoms with Gasteiger partial charge >= 0.3 is 0 Å². The fourth-order valence-electron chi connectivity index (χ4n) is 9.33. The molecule has 0 radical (unpaired) electrons. The highest BCUT2D eigenvalue weighted by atomic mass is 16.6. The van der Waals surface area contributed by atoms with E-state index in [4.69, 9.17) is 14.2 Å². The van der Waals surface area contributed by atoms with Gasteiger partial charge in [0.25, 0.3) is 5.91 Å². The number of methoxy groups -OCH3 is 2. The van der Waals surface area contributed by atoms with Gasteiger partial charge in [-0.1, -0.05) is 25.3 Å². The number of carbonyl (C=O) groups is 5. The number of ketones is 4. The summed E-state index contributed by atoms with van der Waals surface area (Å²) in [6, 6.07) is 2.11. The van der Waals surface area contributed by atoms with Crippen molar-refractivity contribution in [1.82, 2.24) is 10.6 Å². The fourth-order valence-corrected chi connectivity index (χ4v) is 9.33. The fraction of sp³-hybridized carbons (Fsp3) is 0.513. The van der Waals surface area contributed by atoms with Crippen LogP contribution in [0.3, 0.4) is 0 Å². The number of benzene rings is 2. The molecule has 2 fully saturated rings. The number of aliphatic hydroxyl groups is 4. The monoisotopic (exact) mass is 764 g/mol. The van der Waals surface area contributed by atoms with Crippen LogP contribution in [-0.4, -0.2) is 123 Å². The number of hydrogen-bond acceptors (Lipinski definition) is 15. The number of fused-ring (bicyclic) bond motifs is 5. The topological polar surface area (TPSA) is 258 Å². The summed E-state index contributed by atoms with van der Waals surface area (Å²) >= 11 is 0. The summed E-state index contributed by atoms with van der Waals surface area (Å²) in [4.78, 5) is 70.8. The minimum Gasteiger partial charge on any atom is -0.507 e. The van der Waals surface area contributed by atoms with Crippen LogP contribution in [0.5, 0.6) is 11.5 Å². The zero-order chi connectivity index (χ0) is 39.9. The Morgan fingerprint density at radius 3 is 2.31 bits per heavy atom. The van der Waals surface area contributed by atoms with Crippen LogP contribution in [0.4, 0.5) is 0 Å². The zero-order valence-corrected chi connectivity index (χ0v) is 30.7. The van der Waals surface area contributed by atoms with Crippen LogP contribution in [0, 0.1) is 12.8 Å². The van der Waals surface area contributed by atoms with Gasteiger partial charge in [-0.2, -0.15) is 0 Å².